The van der Waals surface area contributed by atoms with Crippen LogP contribution in [-0.4, -0.2) is 53.3 Å². The fourth-order valence-corrected chi connectivity index (χ4v) is 2.18. The quantitative estimate of drug-likeness (QED) is 0.816. The maximum Gasteiger partial charge on any atom is 0.272 e. The number of nitrogen functional groups attached to an aromatic ring is 1. The zero-order valence-electron chi connectivity index (χ0n) is 10.8. The number of aromatic nitrogens is 1. The van der Waals surface area contributed by atoms with Crippen molar-refractivity contribution in [3.63, 3.8) is 0 Å². The van der Waals surface area contributed by atoms with Gasteiger partial charge >= 0.3 is 0 Å². The molecule has 1 aromatic rings. The molecule has 1 aliphatic heterocycles. The van der Waals surface area contributed by atoms with Crippen LogP contribution in [0.1, 0.15) is 23.3 Å². The molecule has 0 bridgehead atoms. The Balaban J connectivity index is 1.89. The summed E-state index contributed by atoms with van der Waals surface area (Å²) in [6.45, 7) is 1.68. The van der Waals surface area contributed by atoms with Gasteiger partial charge in [0.1, 0.15) is 11.5 Å². The van der Waals surface area contributed by atoms with Gasteiger partial charge in [-0.25, -0.2) is 4.98 Å². The van der Waals surface area contributed by atoms with E-state index in [0.29, 0.717) is 31.2 Å². The second-order valence-electron chi connectivity index (χ2n) is 4.53. The van der Waals surface area contributed by atoms with Crippen LogP contribution in [0.5, 0.6) is 0 Å². The number of rotatable bonds is 4. The summed E-state index contributed by atoms with van der Waals surface area (Å²) in [4.78, 5) is 18.0. The van der Waals surface area contributed by atoms with Crippen LogP contribution < -0.4 is 5.73 Å². The Bertz CT molecular complexity index is 431. The molecule has 2 rings (SSSR count). The van der Waals surface area contributed by atoms with E-state index in [1.54, 1.807) is 23.1 Å². The fourth-order valence-electron chi connectivity index (χ4n) is 2.18. The highest BCUT2D eigenvalue weighted by Gasteiger charge is 2.24. The van der Waals surface area contributed by atoms with Gasteiger partial charge in [-0.1, -0.05) is 6.07 Å². The number of likely N-dealkylation sites (tertiary alicyclic amines) is 1. The van der Waals surface area contributed by atoms with E-state index in [1.807, 2.05) is 0 Å². The summed E-state index contributed by atoms with van der Waals surface area (Å²) >= 11 is 0. The van der Waals surface area contributed by atoms with Gasteiger partial charge in [-0.3, -0.25) is 4.79 Å². The molecule has 0 radical (unpaired) electrons. The van der Waals surface area contributed by atoms with Crippen LogP contribution in [0.25, 0.3) is 0 Å². The topological polar surface area (TPSA) is 88.7 Å². The minimum absolute atomic E-state index is 0.0341. The summed E-state index contributed by atoms with van der Waals surface area (Å²) in [6.07, 6.45) is 1.70. The molecule has 1 saturated heterocycles. The van der Waals surface area contributed by atoms with Crippen LogP contribution in [0.15, 0.2) is 18.2 Å². The Morgan fingerprint density at radius 1 is 1.47 bits per heavy atom. The van der Waals surface area contributed by atoms with Crippen molar-refractivity contribution in [1.82, 2.24) is 9.88 Å². The molecule has 104 valence electrons. The number of nitrogens with two attached hydrogens (primary N) is 1. The van der Waals surface area contributed by atoms with Gasteiger partial charge in [0.05, 0.1) is 19.3 Å². The van der Waals surface area contributed by atoms with Crippen LogP contribution in [0.3, 0.4) is 0 Å². The maximum atomic E-state index is 12.2. The van der Waals surface area contributed by atoms with Gasteiger partial charge in [0.2, 0.25) is 0 Å². The van der Waals surface area contributed by atoms with Crippen LogP contribution in [0.2, 0.25) is 0 Å². The van der Waals surface area contributed by atoms with Crippen molar-refractivity contribution in [2.75, 3.05) is 32.0 Å². The van der Waals surface area contributed by atoms with Crippen molar-refractivity contribution in [2.24, 2.45) is 0 Å². The minimum atomic E-state index is -0.0899. The summed E-state index contributed by atoms with van der Waals surface area (Å²) < 4.78 is 5.46. The van der Waals surface area contributed by atoms with Gasteiger partial charge in [0.25, 0.3) is 5.91 Å². The van der Waals surface area contributed by atoms with Crippen molar-refractivity contribution in [2.45, 2.75) is 18.9 Å². The lowest BCUT2D eigenvalue weighted by Gasteiger charge is -2.31. The van der Waals surface area contributed by atoms with Crippen LogP contribution in [-0.2, 0) is 4.74 Å². The van der Waals surface area contributed by atoms with E-state index < -0.39 is 0 Å². The smallest absolute Gasteiger partial charge is 0.272 e. The Morgan fingerprint density at radius 2 is 2.21 bits per heavy atom. The number of piperidine rings is 1. The Kier molecular flexibility index (Phi) is 4.70. The number of aliphatic hydroxyl groups excluding tert-OH is 1. The van der Waals surface area contributed by atoms with Crippen molar-refractivity contribution < 1.29 is 14.6 Å². The molecule has 1 aliphatic rings. The van der Waals surface area contributed by atoms with E-state index in [4.69, 9.17) is 15.6 Å². The van der Waals surface area contributed by atoms with Crippen LogP contribution in [0, 0.1) is 0 Å². The van der Waals surface area contributed by atoms with Crippen LogP contribution >= 0.6 is 0 Å². The molecule has 19 heavy (non-hydrogen) atoms. The van der Waals surface area contributed by atoms with Gasteiger partial charge in [-0.2, -0.15) is 0 Å². The molecule has 0 saturated carbocycles. The maximum absolute atomic E-state index is 12.2. The van der Waals surface area contributed by atoms with E-state index in [-0.39, 0.29) is 18.6 Å². The number of anilines is 1. The lowest BCUT2D eigenvalue weighted by Crippen LogP contribution is -2.41. The largest absolute Gasteiger partial charge is 0.394 e. The van der Waals surface area contributed by atoms with E-state index in [9.17, 15) is 4.79 Å². The number of nitrogens with zero attached hydrogens (tertiary/aromatic N) is 2. The molecule has 0 atom stereocenters. The number of hydrogen-bond acceptors (Lipinski definition) is 5. The number of pyridine rings is 1. The third kappa shape index (κ3) is 3.65. The highest BCUT2D eigenvalue weighted by molar-refractivity contribution is 5.92. The molecular formula is C13H19N3O3. The molecule has 1 fully saturated rings. The Morgan fingerprint density at radius 3 is 2.84 bits per heavy atom. The lowest BCUT2D eigenvalue weighted by molar-refractivity contribution is -0.00564. The second-order valence-corrected chi connectivity index (χ2v) is 4.53. The molecule has 0 aromatic carbocycles. The molecule has 0 spiro atoms. The number of aliphatic hydroxyl groups is 1. The molecule has 0 aliphatic carbocycles. The minimum Gasteiger partial charge on any atom is -0.394 e. The standard InChI is InChI=1S/C13H19N3O3/c14-12-3-1-2-11(15-12)13(18)16-6-4-10(5-7-16)19-9-8-17/h1-3,10,17H,4-9H2,(H2,14,15). The summed E-state index contributed by atoms with van der Waals surface area (Å²) in [7, 11) is 0. The van der Waals surface area contributed by atoms with Gasteiger partial charge in [-0.05, 0) is 25.0 Å². The molecular weight excluding hydrogens is 246 g/mol. The predicted molar refractivity (Wildman–Crippen MR) is 70.6 cm³/mol. The number of hydrogen-bond donors (Lipinski definition) is 2. The van der Waals surface area contributed by atoms with Crippen molar-refractivity contribution in [3.8, 4) is 0 Å². The lowest BCUT2D eigenvalue weighted by atomic mass is 10.1. The summed E-state index contributed by atoms with van der Waals surface area (Å²) in [5, 5.41) is 8.70. The van der Waals surface area contributed by atoms with Gasteiger partial charge in [-0.15, -0.1) is 0 Å². The number of carbonyl (C=O) groups is 1. The summed E-state index contributed by atoms with van der Waals surface area (Å²) in [5.41, 5.74) is 5.96. The van der Waals surface area contributed by atoms with Crippen molar-refractivity contribution >= 4 is 11.7 Å². The van der Waals surface area contributed by atoms with Gasteiger partial charge < -0.3 is 20.5 Å². The predicted octanol–water partition coefficient (Wildman–Crippen LogP) is 0.277. The first-order chi connectivity index (χ1) is 9.20. The van der Waals surface area contributed by atoms with E-state index >= 15 is 0 Å². The normalized spacial score (nSPS) is 16.6. The van der Waals surface area contributed by atoms with Crippen molar-refractivity contribution in [3.05, 3.63) is 23.9 Å². The average molecular weight is 265 g/mol. The molecule has 0 unspecified atom stereocenters. The third-order valence-electron chi connectivity index (χ3n) is 3.16. The monoisotopic (exact) mass is 265 g/mol. The fraction of sp³-hybridized carbons (Fsp3) is 0.538. The molecule has 6 heteroatoms. The molecule has 1 amide bonds. The Hall–Kier alpha value is -1.66. The zero-order chi connectivity index (χ0) is 13.7. The van der Waals surface area contributed by atoms with E-state index in [1.165, 1.54) is 0 Å². The van der Waals surface area contributed by atoms with E-state index in [2.05, 4.69) is 4.98 Å². The molecule has 1 aromatic heterocycles. The SMILES string of the molecule is Nc1cccc(C(=O)N2CCC(OCCO)CC2)n1. The van der Waals surface area contributed by atoms with Gasteiger partial charge in [0, 0.05) is 13.1 Å². The molecule has 2 heterocycles. The van der Waals surface area contributed by atoms with Gasteiger partial charge in [0.15, 0.2) is 0 Å². The molecule has 6 nitrogen and oxygen atoms in total. The second kappa shape index (κ2) is 6.49. The third-order valence-corrected chi connectivity index (χ3v) is 3.16. The van der Waals surface area contributed by atoms with Crippen LogP contribution in [0.4, 0.5) is 5.82 Å². The Labute approximate surface area is 112 Å². The molecule has 3 N–H and O–H groups in total. The first-order valence-electron chi connectivity index (χ1n) is 6.45. The summed E-state index contributed by atoms with van der Waals surface area (Å²) in [5.74, 6) is 0.264. The first kappa shape index (κ1) is 13.8. The summed E-state index contributed by atoms with van der Waals surface area (Å²) in [6, 6.07) is 5.06. The number of amides is 1. The highest BCUT2D eigenvalue weighted by Crippen LogP contribution is 2.16. The van der Waals surface area contributed by atoms with Crippen molar-refractivity contribution in [1.29, 1.82) is 0 Å². The zero-order valence-corrected chi connectivity index (χ0v) is 10.8. The first-order valence-corrected chi connectivity index (χ1v) is 6.45. The number of ether oxygens (including phenoxy) is 1. The highest BCUT2D eigenvalue weighted by atomic mass is 16.5. The average Bonchev–Trinajstić information content (AvgIpc) is 2.45. The number of carbonyl (C=O) groups excluding carboxylic acids is 1. The van der Waals surface area contributed by atoms with E-state index in [0.717, 1.165) is 12.8 Å².